The van der Waals surface area contributed by atoms with Crippen molar-refractivity contribution in [3.05, 3.63) is 48.3 Å². The molecule has 1 unspecified atom stereocenters. The van der Waals surface area contributed by atoms with Gasteiger partial charge in [0.15, 0.2) is 5.82 Å². The van der Waals surface area contributed by atoms with Gasteiger partial charge in [0.05, 0.1) is 6.61 Å². The number of nitrogens with zero attached hydrogens (tertiary/aromatic N) is 3. The molecule has 94 valence electrons. The van der Waals surface area contributed by atoms with Gasteiger partial charge < -0.3 is 4.74 Å². The van der Waals surface area contributed by atoms with E-state index in [4.69, 9.17) is 16.3 Å². The number of rotatable bonds is 5. The molecule has 0 spiro atoms. The van der Waals surface area contributed by atoms with E-state index in [-0.39, 0.29) is 6.23 Å². The maximum absolute atomic E-state index is 5.84. The molecule has 2 aromatic rings. The van der Waals surface area contributed by atoms with Crippen molar-refractivity contribution in [2.75, 3.05) is 6.61 Å². The van der Waals surface area contributed by atoms with Gasteiger partial charge in [0.2, 0.25) is 0 Å². The summed E-state index contributed by atoms with van der Waals surface area (Å²) >= 11 is 5.84. The molecule has 1 atom stereocenters. The smallest absolute Gasteiger partial charge is 0.181 e. The Morgan fingerprint density at radius 1 is 1.44 bits per heavy atom. The Hall–Kier alpha value is -1.65. The third-order valence-corrected chi connectivity index (χ3v) is 2.69. The molecule has 18 heavy (non-hydrogen) atoms. The highest BCUT2D eigenvalue weighted by Crippen LogP contribution is 2.18. The van der Waals surface area contributed by atoms with Crippen LogP contribution in [0.1, 0.15) is 13.2 Å². The molecular formula is C13H14ClN3O. The molecule has 0 aliphatic carbocycles. The first-order chi connectivity index (χ1) is 8.70. The average molecular weight is 264 g/mol. The number of aromatic nitrogens is 3. The van der Waals surface area contributed by atoms with Gasteiger partial charge in [0.25, 0.3) is 0 Å². The zero-order chi connectivity index (χ0) is 13.0. The van der Waals surface area contributed by atoms with Gasteiger partial charge in [-0.05, 0) is 31.2 Å². The number of hydrogen-bond acceptors (Lipinski definition) is 3. The summed E-state index contributed by atoms with van der Waals surface area (Å²) in [6.45, 7) is 5.99. The molecule has 1 aromatic heterocycles. The molecule has 0 amide bonds. The first kappa shape index (κ1) is 12.8. The molecule has 0 bridgehead atoms. The Labute approximate surface area is 111 Å². The number of halogens is 1. The molecule has 0 aliphatic rings. The number of ether oxygens (including phenoxy) is 1. The van der Waals surface area contributed by atoms with Crippen molar-refractivity contribution in [3.63, 3.8) is 0 Å². The summed E-state index contributed by atoms with van der Waals surface area (Å²) in [6.07, 6.45) is 3.18. The summed E-state index contributed by atoms with van der Waals surface area (Å²) in [6, 6.07) is 7.40. The Kier molecular flexibility index (Phi) is 4.12. The van der Waals surface area contributed by atoms with Crippen LogP contribution in [0.25, 0.3) is 11.4 Å². The molecule has 0 saturated carbocycles. The minimum atomic E-state index is -0.170. The third-order valence-electron chi connectivity index (χ3n) is 2.44. The molecule has 0 saturated heterocycles. The van der Waals surface area contributed by atoms with Gasteiger partial charge in [-0.25, -0.2) is 9.67 Å². The maximum atomic E-state index is 5.84. The van der Waals surface area contributed by atoms with Gasteiger partial charge in [-0.15, -0.1) is 11.7 Å². The lowest BCUT2D eigenvalue weighted by molar-refractivity contribution is 0.0256. The second-order valence-electron chi connectivity index (χ2n) is 3.78. The summed E-state index contributed by atoms with van der Waals surface area (Å²) in [5.41, 5.74) is 0.925. The topological polar surface area (TPSA) is 39.9 Å². The molecule has 4 nitrogen and oxygen atoms in total. The van der Waals surface area contributed by atoms with Gasteiger partial charge in [-0.3, -0.25) is 0 Å². The normalized spacial score (nSPS) is 12.3. The van der Waals surface area contributed by atoms with Crippen molar-refractivity contribution in [2.45, 2.75) is 13.2 Å². The molecule has 1 heterocycles. The van der Waals surface area contributed by atoms with Gasteiger partial charge in [-0.2, -0.15) is 0 Å². The predicted molar refractivity (Wildman–Crippen MR) is 71.3 cm³/mol. The minimum absolute atomic E-state index is 0.170. The van der Waals surface area contributed by atoms with Crippen LogP contribution < -0.4 is 0 Å². The fourth-order valence-corrected chi connectivity index (χ4v) is 1.59. The molecule has 5 heteroatoms. The van der Waals surface area contributed by atoms with Crippen molar-refractivity contribution < 1.29 is 4.74 Å². The first-order valence-electron chi connectivity index (χ1n) is 5.60. The van der Waals surface area contributed by atoms with Crippen LogP contribution in [0.2, 0.25) is 5.02 Å². The highest BCUT2D eigenvalue weighted by molar-refractivity contribution is 6.30. The molecule has 0 aliphatic heterocycles. The maximum Gasteiger partial charge on any atom is 0.181 e. The van der Waals surface area contributed by atoms with Gasteiger partial charge in [-0.1, -0.05) is 17.7 Å². The van der Waals surface area contributed by atoms with Gasteiger partial charge >= 0.3 is 0 Å². The monoisotopic (exact) mass is 263 g/mol. The highest BCUT2D eigenvalue weighted by atomic mass is 35.5. The first-order valence-corrected chi connectivity index (χ1v) is 5.98. The molecule has 0 fully saturated rings. The summed E-state index contributed by atoms with van der Waals surface area (Å²) in [5, 5.41) is 5.06. The van der Waals surface area contributed by atoms with Crippen molar-refractivity contribution >= 4 is 11.6 Å². The second-order valence-corrected chi connectivity index (χ2v) is 4.21. The average Bonchev–Trinajstić information content (AvgIpc) is 2.86. The van der Waals surface area contributed by atoms with Crippen LogP contribution in [0.4, 0.5) is 0 Å². The van der Waals surface area contributed by atoms with E-state index in [0.717, 1.165) is 5.56 Å². The minimum Gasteiger partial charge on any atom is -0.353 e. The summed E-state index contributed by atoms with van der Waals surface area (Å²) in [4.78, 5) is 4.25. The van der Waals surface area contributed by atoms with E-state index in [0.29, 0.717) is 17.5 Å². The Morgan fingerprint density at radius 2 is 2.17 bits per heavy atom. The Balaban J connectivity index is 2.14. The summed E-state index contributed by atoms with van der Waals surface area (Å²) in [7, 11) is 0. The van der Waals surface area contributed by atoms with E-state index in [2.05, 4.69) is 16.7 Å². The largest absolute Gasteiger partial charge is 0.353 e. The molecular weight excluding hydrogens is 250 g/mol. The summed E-state index contributed by atoms with van der Waals surface area (Å²) in [5.74, 6) is 0.653. The lowest BCUT2D eigenvalue weighted by Crippen LogP contribution is -2.09. The highest BCUT2D eigenvalue weighted by Gasteiger charge is 2.08. The van der Waals surface area contributed by atoms with Crippen LogP contribution in [0.15, 0.2) is 43.2 Å². The van der Waals surface area contributed by atoms with Crippen LogP contribution >= 0.6 is 11.6 Å². The lowest BCUT2D eigenvalue weighted by Gasteiger charge is -2.10. The SMILES string of the molecule is C=CCOC(C)n1cnc(-c2ccc(Cl)cc2)n1. The Bertz CT molecular complexity index is 521. The molecule has 0 radical (unpaired) electrons. The van der Waals surface area contributed by atoms with E-state index in [1.54, 1.807) is 17.1 Å². The zero-order valence-electron chi connectivity index (χ0n) is 10.1. The summed E-state index contributed by atoms with van der Waals surface area (Å²) < 4.78 is 7.14. The quantitative estimate of drug-likeness (QED) is 0.777. The zero-order valence-corrected chi connectivity index (χ0v) is 10.8. The standard InChI is InChI=1S/C13H14ClN3O/c1-3-8-18-10(2)17-9-15-13(16-17)11-4-6-12(14)7-5-11/h3-7,9-10H,1,8H2,2H3. The van der Waals surface area contributed by atoms with Crippen LogP contribution in [0, 0.1) is 0 Å². The van der Waals surface area contributed by atoms with Gasteiger partial charge in [0, 0.05) is 10.6 Å². The van der Waals surface area contributed by atoms with Crippen LogP contribution in [-0.2, 0) is 4.74 Å². The van der Waals surface area contributed by atoms with Crippen molar-refractivity contribution in [3.8, 4) is 11.4 Å². The van der Waals surface area contributed by atoms with E-state index >= 15 is 0 Å². The predicted octanol–water partition coefficient (Wildman–Crippen LogP) is 3.32. The molecule has 0 N–H and O–H groups in total. The van der Waals surface area contributed by atoms with Crippen molar-refractivity contribution in [1.29, 1.82) is 0 Å². The third kappa shape index (κ3) is 2.97. The Morgan fingerprint density at radius 3 is 2.83 bits per heavy atom. The van der Waals surface area contributed by atoms with Crippen molar-refractivity contribution in [1.82, 2.24) is 14.8 Å². The van der Waals surface area contributed by atoms with Crippen LogP contribution in [0.5, 0.6) is 0 Å². The number of benzene rings is 1. The number of hydrogen-bond donors (Lipinski definition) is 0. The van der Waals surface area contributed by atoms with E-state index < -0.39 is 0 Å². The van der Waals surface area contributed by atoms with Gasteiger partial charge in [0.1, 0.15) is 12.6 Å². The molecule has 1 aromatic carbocycles. The lowest BCUT2D eigenvalue weighted by atomic mass is 10.2. The van der Waals surface area contributed by atoms with Crippen molar-refractivity contribution in [2.24, 2.45) is 0 Å². The fourth-order valence-electron chi connectivity index (χ4n) is 1.46. The fraction of sp³-hybridized carbons (Fsp3) is 0.231. The molecule has 2 rings (SSSR count). The second kappa shape index (κ2) is 5.80. The van der Waals surface area contributed by atoms with E-state index in [1.165, 1.54) is 0 Å². The van der Waals surface area contributed by atoms with E-state index in [1.807, 2.05) is 31.2 Å². The van der Waals surface area contributed by atoms with E-state index in [9.17, 15) is 0 Å². The van der Waals surface area contributed by atoms with Crippen LogP contribution in [0.3, 0.4) is 0 Å². The van der Waals surface area contributed by atoms with Crippen LogP contribution in [-0.4, -0.2) is 21.4 Å².